The van der Waals surface area contributed by atoms with Crippen molar-refractivity contribution in [2.45, 2.75) is 6.54 Å². The predicted molar refractivity (Wildman–Crippen MR) is 49.6 cm³/mol. The predicted octanol–water partition coefficient (Wildman–Crippen LogP) is -7.62. The first-order valence-corrected chi connectivity index (χ1v) is 3.47. The molecule has 0 bridgehead atoms. The van der Waals surface area contributed by atoms with Gasteiger partial charge >= 0.3 is 8.41 Å². The molecule has 0 saturated heterocycles. The summed E-state index contributed by atoms with van der Waals surface area (Å²) in [6.45, 7) is 1.03. The summed E-state index contributed by atoms with van der Waals surface area (Å²) in [7, 11) is 4.15. The van der Waals surface area contributed by atoms with Gasteiger partial charge in [0.2, 0.25) is 0 Å². The van der Waals surface area contributed by atoms with E-state index in [-0.39, 0.29) is 22.5 Å². The number of hydrogen-bond acceptors (Lipinski definition) is 1. The summed E-state index contributed by atoms with van der Waals surface area (Å²) >= 11 is 0. The van der Waals surface area contributed by atoms with Crippen molar-refractivity contribution in [3.8, 4) is 0 Å². The van der Waals surface area contributed by atoms with Crippen molar-refractivity contribution in [3.63, 3.8) is 0 Å². The molecule has 0 atom stereocenters. The molecule has 0 aliphatic heterocycles. The Morgan fingerprint density at radius 3 is 1.71 bits per heavy atom. The van der Waals surface area contributed by atoms with Crippen LogP contribution in [0.3, 0.4) is 0 Å². The Balaban J connectivity index is -0.000000125. The molecule has 0 aliphatic rings. The molecule has 1 nitrogen and oxygen atoms in total. The van der Waals surface area contributed by atoms with Crippen LogP contribution in [0.5, 0.6) is 0 Å². The summed E-state index contributed by atoms with van der Waals surface area (Å²) in [5, 5.41) is 0. The Labute approximate surface area is 84.8 Å². The molecule has 1 rings (SSSR count). The minimum absolute atomic E-state index is 0. The zero-order valence-corrected chi connectivity index (χ0v) is 8.25. The van der Waals surface area contributed by atoms with E-state index in [4.69, 9.17) is 0 Å². The second-order valence-electron chi connectivity index (χ2n) is 2.72. The SMILES string of the molecule is CN(C)Cc1ccccc1.[B+3].[F-].[F-].[F-]. The minimum atomic E-state index is 0. The van der Waals surface area contributed by atoms with E-state index in [2.05, 4.69) is 43.3 Å². The van der Waals surface area contributed by atoms with E-state index < -0.39 is 0 Å². The molecule has 0 aliphatic carbocycles. The Morgan fingerprint density at radius 2 is 1.36 bits per heavy atom. The van der Waals surface area contributed by atoms with Crippen molar-refractivity contribution in [1.29, 1.82) is 0 Å². The van der Waals surface area contributed by atoms with Crippen molar-refractivity contribution >= 4 is 8.41 Å². The average molecular weight is 203 g/mol. The summed E-state index contributed by atoms with van der Waals surface area (Å²) < 4.78 is 0. The molecule has 1 aromatic rings. The van der Waals surface area contributed by atoms with Crippen molar-refractivity contribution < 1.29 is 14.1 Å². The van der Waals surface area contributed by atoms with Gasteiger partial charge in [0.05, 0.1) is 0 Å². The molecular formula is C9H13BF3N. The van der Waals surface area contributed by atoms with Crippen molar-refractivity contribution in [1.82, 2.24) is 4.90 Å². The van der Waals surface area contributed by atoms with Crippen LogP contribution in [-0.4, -0.2) is 27.4 Å². The third kappa shape index (κ3) is 9.13. The number of nitrogens with zero attached hydrogens (tertiary/aromatic N) is 1. The fourth-order valence-corrected chi connectivity index (χ4v) is 0.949. The number of halogens is 3. The zero-order valence-electron chi connectivity index (χ0n) is 8.25. The number of benzene rings is 1. The van der Waals surface area contributed by atoms with Crippen LogP contribution in [0.15, 0.2) is 30.3 Å². The summed E-state index contributed by atoms with van der Waals surface area (Å²) in [5.41, 5.74) is 1.37. The van der Waals surface area contributed by atoms with E-state index >= 15 is 0 Å². The molecule has 14 heavy (non-hydrogen) atoms. The quantitative estimate of drug-likeness (QED) is 0.431. The monoisotopic (exact) mass is 203 g/mol. The first kappa shape index (κ1) is 23.1. The zero-order chi connectivity index (χ0) is 7.40. The maximum atomic E-state index is 2.16. The van der Waals surface area contributed by atoms with Gasteiger partial charge in [0.25, 0.3) is 0 Å². The second-order valence-corrected chi connectivity index (χ2v) is 2.72. The molecule has 0 spiro atoms. The molecule has 0 aromatic heterocycles. The van der Waals surface area contributed by atoms with Crippen LogP contribution in [0.25, 0.3) is 0 Å². The first-order chi connectivity index (χ1) is 4.79. The molecule has 0 amide bonds. The summed E-state index contributed by atoms with van der Waals surface area (Å²) in [6, 6.07) is 10.5. The minimum Gasteiger partial charge on any atom is -1.00 e. The van der Waals surface area contributed by atoms with Gasteiger partial charge in [0, 0.05) is 6.54 Å². The van der Waals surface area contributed by atoms with Crippen molar-refractivity contribution in [2.24, 2.45) is 0 Å². The van der Waals surface area contributed by atoms with Crippen LogP contribution in [0.4, 0.5) is 0 Å². The van der Waals surface area contributed by atoms with E-state index in [0.29, 0.717) is 0 Å². The van der Waals surface area contributed by atoms with Gasteiger partial charge < -0.3 is 19.0 Å². The Hall–Kier alpha value is -0.965. The summed E-state index contributed by atoms with van der Waals surface area (Å²) in [6.07, 6.45) is 0. The van der Waals surface area contributed by atoms with Gasteiger partial charge in [0.15, 0.2) is 0 Å². The maximum absolute atomic E-state index is 2.16. The van der Waals surface area contributed by atoms with Gasteiger partial charge in [-0.15, -0.1) is 0 Å². The van der Waals surface area contributed by atoms with Gasteiger partial charge in [0.1, 0.15) is 0 Å². The fraction of sp³-hybridized carbons (Fsp3) is 0.333. The fourth-order valence-electron chi connectivity index (χ4n) is 0.949. The van der Waals surface area contributed by atoms with E-state index in [9.17, 15) is 0 Å². The van der Waals surface area contributed by atoms with E-state index in [0.717, 1.165) is 6.54 Å². The smallest absolute Gasteiger partial charge is 1.00 e. The molecule has 0 radical (unpaired) electrons. The largest absolute Gasteiger partial charge is 3.00 e. The third-order valence-electron chi connectivity index (χ3n) is 1.34. The Bertz CT molecular complexity index is 195. The van der Waals surface area contributed by atoms with Crippen LogP contribution in [-0.2, 0) is 6.54 Å². The molecule has 5 heteroatoms. The molecule has 0 heterocycles. The standard InChI is InChI=1S/C9H13N.B.3FH/c1-10(2)8-9-6-4-3-5-7-9;;;;/h3-7H,8H2,1-2H3;;3*1H/q;+3;;;/p-3. The van der Waals surface area contributed by atoms with Crippen LogP contribution < -0.4 is 14.1 Å². The third-order valence-corrected chi connectivity index (χ3v) is 1.34. The Kier molecular flexibility index (Phi) is 19.9. The topological polar surface area (TPSA) is 3.24 Å². The molecule has 0 fully saturated rings. The van der Waals surface area contributed by atoms with Crippen molar-refractivity contribution in [2.75, 3.05) is 14.1 Å². The number of rotatable bonds is 2. The van der Waals surface area contributed by atoms with Gasteiger partial charge in [-0.05, 0) is 19.7 Å². The summed E-state index contributed by atoms with van der Waals surface area (Å²) in [5.74, 6) is 0. The molecule has 0 saturated carbocycles. The Morgan fingerprint density at radius 1 is 0.929 bits per heavy atom. The van der Waals surface area contributed by atoms with E-state index in [1.54, 1.807) is 0 Å². The average Bonchev–Trinajstić information content (AvgIpc) is 1.88. The van der Waals surface area contributed by atoms with Gasteiger partial charge in [-0.2, -0.15) is 0 Å². The van der Waals surface area contributed by atoms with Gasteiger partial charge in [-0.3, -0.25) is 0 Å². The molecule has 78 valence electrons. The van der Waals surface area contributed by atoms with Crippen LogP contribution >= 0.6 is 0 Å². The van der Waals surface area contributed by atoms with Crippen molar-refractivity contribution in [3.05, 3.63) is 35.9 Å². The second kappa shape index (κ2) is 12.0. The van der Waals surface area contributed by atoms with Crippen LogP contribution in [0.1, 0.15) is 5.56 Å². The maximum Gasteiger partial charge on any atom is 3.00 e. The van der Waals surface area contributed by atoms with Gasteiger partial charge in [-0.25, -0.2) is 0 Å². The number of hydrogen-bond donors (Lipinski definition) is 0. The summed E-state index contributed by atoms with van der Waals surface area (Å²) in [4.78, 5) is 2.16. The molecule has 0 unspecified atom stereocenters. The van der Waals surface area contributed by atoms with E-state index in [1.165, 1.54) is 5.56 Å². The first-order valence-electron chi connectivity index (χ1n) is 3.47. The van der Waals surface area contributed by atoms with Crippen LogP contribution in [0.2, 0.25) is 0 Å². The normalized spacial score (nSPS) is 7.36. The van der Waals surface area contributed by atoms with Crippen LogP contribution in [0, 0.1) is 0 Å². The van der Waals surface area contributed by atoms with E-state index in [1.807, 2.05) is 6.07 Å². The molecular weight excluding hydrogens is 190 g/mol. The molecule has 1 aromatic carbocycles. The van der Waals surface area contributed by atoms with Gasteiger partial charge in [-0.1, -0.05) is 30.3 Å². The molecule has 0 N–H and O–H groups in total.